The largest absolute Gasteiger partial charge is 0.494 e. The number of hydrogen-bond acceptors (Lipinski definition) is 2. The van der Waals surface area contributed by atoms with Crippen LogP contribution in [0, 0.1) is 18.6 Å². The molecule has 5 heteroatoms. The molecule has 0 bridgehead atoms. The molecule has 0 spiro atoms. The molecule has 2 nitrogen and oxygen atoms in total. The van der Waals surface area contributed by atoms with Crippen molar-refractivity contribution in [2.24, 2.45) is 0 Å². The molecule has 104 valence electrons. The lowest BCUT2D eigenvalue weighted by molar-refractivity contribution is 0.103. The third kappa shape index (κ3) is 2.65. The minimum absolute atomic E-state index is 0.00525. The van der Waals surface area contributed by atoms with Gasteiger partial charge in [-0.1, -0.05) is 11.6 Å². The topological polar surface area (TPSA) is 26.3 Å². The predicted molar refractivity (Wildman–Crippen MR) is 72.5 cm³/mol. The number of rotatable bonds is 3. The van der Waals surface area contributed by atoms with E-state index in [9.17, 15) is 13.6 Å². The summed E-state index contributed by atoms with van der Waals surface area (Å²) in [5, 5.41) is -0.00525. The number of carbonyl (C=O) groups is 1. The second-order valence-corrected chi connectivity index (χ2v) is 4.67. The summed E-state index contributed by atoms with van der Waals surface area (Å²) in [4.78, 5) is 12.3. The van der Waals surface area contributed by atoms with Crippen LogP contribution in [0.2, 0.25) is 5.02 Å². The summed E-state index contributed by atoms with van der Waals surface area (Å²) in [6, 6.07) is 6.27. The Morgan fingerprint density at radius 1 is 1.15 bits per heavy atom. The fraction of sp³-hybridized carbons (Fsp3) is 0.133. The zero-order valence-corrected chi connectivity index (χ0v) is 11.6. The Morgan fingerprint density at radius 2 is 1.85 bits per heavy atom. The Morgan fingerprint density at radius 3 is 2.45 bits per heavy atom. The highest BCUT2D eigenvalue weighted by molar-refractivity contribution is 6.35. The van der Waals surface area contributed by atoms with Gasteiger partial charge in [-0.05, 0) is 42.8 Å². The van der Waals surface area contributed by atoms with Gasteiger partial charge in [0, 0.05) is 11.1 Å². The van der Waals surface area contributed by atoms with Gasteiger partial charge in [0.2, 0.25) is 0 Å². The summed E-state index contributed by atoms with van der Waals surface area (Å²) in [5.41, 5.74) is 0.554. The van der Waals surface area contributed by atoms with E-state index < -0.39 is 17.4 Å². The molecule has 0 saturated heterocycles. The molecule has 0 aliphatic rings. The first-order valence-corrected chi connectivity index (χ1v) is 6.15. The lowest BCUT2D eigenvalue weighted by Crippen LogP contribution is -2.04. The molecule has 0 amide bonds. The van der Waals surface area contributed by atoms with E-state index in [1.54, 1.807) is 0 Å². The van der Waals surface area contributed by atoms with E-state index in [-0.39, 0.29) is 21.9 Å². The highest BCUT2D eigenvalue weighted by Gasteiger charge is 2.17. The quantitative estimate of drug-likeness (QED) is 0.795. The summed E-state index contributed by atoms with van der Waals surface area (Å²) in [7, 11) is 1.33. The third-order valence-corrected chi connectivity index (χ3v) is 3.22. The smallest absolute Gasteiger partial charge is 0.194 e. The lowest BCUT2D eigenvalue weighted by Gasteiger charge is -2.07. The van der Waals surface area contributed by atoms with Crippen molar-refractivity contribution >= 4 is 17.4 Å². The first-order chi connectivity index (χ1) is 9.43. The number of benzene rings is 2. The summed E-state index contributed by atoms with van der Waals surface area (Å²) < 4.78 is 31.7. The van der Waals surface area contributed by atoms with Crippen LogP contribution >= 0.6 is 11.6 Å². The van der Waals surface area contributed by atoms with Crippen molar-refractivity contribution in [1.82, 2.24) is 0 Å². The summed E-state index contributed by atoms with van der Waals surface area (Å²) >= 11 is 5.87. The number of methoxy groups -OCH3 is 1. The molecular formula is C15H11ClF2O2. The maximum absolute atomic E-state index is 13.6. The molecule has 0 aliphatic heterocycles. The van der Waals surface area contributed by atoms with Crippen LogP contribution < -0.4 is 4.74 Å². The Kier molecular flexibility index (Phi) is 4.04. The highest BCUT2D eigenvalue weighted by Crippen LogP contribution is 2.25. The molecule has 0 heterocycles. The molecule has 0 aromatic heterocycles. The van der Waals surface area contributed by atoms with Crippen molar-refractivity contribution in [3.63, 3.8) is 0 Å². The fourth-order valence-corrected chi connectivity index (χ4v) is 2.03. The molecular weight excluding hydrogens is 286 g/mol. The van der Waals surface area contributed by atoms with Crippen molar-refractivity contribution in [2.75, 3.05) is 7.11 Å². The third-order valence-electron chi connectivity index (χ3n) is 2.91. The maximum Gasteiger partial charge on any atom is 0.194 e. The van der Waals surface area contributed by atoms with Crippen LogP contribution in [-0.4, -0.2) is 12.9 Å². The number of carbonyl (C=O) groups excluding carboxylic acids is 1. The number of halogens is 3. The first-order valence-electron chi connectivity index (χ1n) is 5.78. The molecule has 0 radical (unpaired) electrons. The highest BCUT2D eigenvalue weighted by atomic mass is 35.5. The van der Waals surface area contributed by atoms with Crippen LogP contribution in [0.15, 0.2) is 30.3 Å². The minimum Gasteiger partial charge on any atom is -0.494 e. The van der Waals surface area contributed by atoms with Crippen molar-refractivity contribution in [1.29, 1.82) is 0 Å². The first kappa shape index (κ1) is 14.5. The molecule has 0 unspecified atom stereocenters. The van der Waals surface area contributed by atoms with Crippen molar-refractivity contribution in [3.8, 4) is 5.75 Å². The predicted octanol–water partition coefficient (Wildman–Crippen LogP) is 4.17. The zero-order chi connectivity index (χ0) is 14.9. The van der Waals surface area contributed by atoms with Gasteiger partial charge in [0.15, 0.2) is 17.3 Å². The Hall–Kier alpha value is -1.94. The van der Waals surface area contributed by atoms with Gasteiger partial charge >= 0.3 is 0 Å². The van der Waals surface area contributed by atoms with Crippen LogP contribution in [0.1, 0.15) is 21.5 Å². The van der Waals surface area contributed by atoms with Crippen LogP contribution in [0.25, 0.3) is 0 Å². The van der Waals surface area contributed by atoms with Crippen molar-refractivity contribution in [3.05, 3.63) is 63.7 Å². The van der Waals surface area contributed by atoms with Gasteiger partial charge < -0.3 is 4.74 Å². The van der Waals surface area contributed by atoms with Crippen LogP contribution in [0.3, 0.4) is 0 Å². The van der Waals surface area contributed by atoms with Gasteiger partial charge in [0.25, 0.3) is 0 Å². The average Bonchev–Trinajstić information content (AvgIpc) is 2.42. The van der Waals surface area contributed by atoms with Gasteiger partial charge in [-0.3, -0.25) is 4.79 Å². The SMILES string of the molecule is COc1ccc(C(=O)c2cc(C)c(F)cc2Cl)cc1F. The van der Waals surface area contributed by atoms with Crippen LogP contribution in [0.5, 0.6) is 5.75 Å². The van der Waals surface area contributed by atoms with E-state index in [0.29, 0.717) is 5.56 Å². The molecule has 0 saturated carbocycles. The monoisotopic (exact) mass is 296 g/mol. The van der Waals surface area contributed by atoms with E-state index in [4.69, 9.17) is 16.3 Å². The van der Waals surface area contributed by atoms with Gasteiger partial charge in [-0.25, -0.2) is 8.78 Å². The Bertz CT molecular complexity index is 684. The van der Waals surface area contributed by atoms with E-state index in [0.717, 1.165) is 12.1 Å². The maximum atomic E-state index is 13.6. The van der Waals surface area contributed by atoms with E-state index >= 15 is 0 Å². The number of aryl methyl sites for hydroxylation is 1. The van der Waals surface area contributed by atoms with Crippen molar-refractivity contribution < 1.29 is 18.3 Å². The Labute approximate surface area is 119 Å². The number of ketones is 1. The standard InChI is InChI=1S/C15H11ClF2O2/c1-8-5-10(11(16)7-12(8)17)15(19)9-3-4-14(20-2)13(18)6-9/h3-7H,1-2H3. The van der Waals surface area contributed by atoms with Gasteiger partial charge in [0.05, 0.1) is 12.1 Å². The summed E-state index contributed by atoms with van der Waals surface area (Å²) in [6.45, 7) is 1.52. The molecule has 0 fully saturated rings. The molecule has 2 aromatic rings. The average molecular weight is 297 g/mol. The lowest BCUT2D eigenvalue weighted by atomic mass is 10.0. The number of hydrogen-bond donors (Lipinski definition) is 0. The molecule has 2 aromatic carbocycles. The summed E-state index contributed by atoms with van der Waals surface area (Å²) in [5.74, 6) is -1.57. The molecule has 0 atom stereocenters. The minimum atomic E-state index is -0.645. The second kappa shape index (κ2) is 5.59. The fourth-order valence-electron chi connectivity index (χ4n) is 1.79. The molecule has 0 aliphatic carbocycles. The van der Waals surface area contributed by atoms with E-state index in [1.165, 1.54) is 32.2 Å². The van der Waals surface area contributed by atoms with E-state index in [2.05, 4.69) is 0 Å². The molecule has 0 N–H and O–H groups in total. The van der Waals surface area contributed by atoms with E-state index in [1.807, 2.05) is 0 Å². The zero-order valence-electron chi connectivity index (χ0n) is 10.8. The van der Waals surface area contributed by atoms with Gasteiger partial charge in [0.1, 0.15) is 5.82 Å². The van der Waals surface area contributed by atoms with Gasteiger partial charge in [-0.2, -0.15) is 0 Å². The number of ether oxygens (including phenoxy) is 1. The van der Waals surface area contributed by atoms with Crippen LogP contribution in [-0.2, 0) is 0 Å². The Balaban J connectivity index is 2.46. The summed E-state index contributed by atoms with van der Waals surface area (Å²) in [6.07, 6.45) is 0. The van der Waals surface area contributed by atoms with Crippen molar-refractivity contribution in [2.45, 2.75) is 6.92 Å². The molecule has 2 rings (SSSR count). The van der Waals surface area contributed by atoms with Gasteiger partial charge in [-0.15, -0.1) is 0 Å². The second-order valence-electron chi connectivity index (χ2n) is 4.26. The van der Waals surface area contributed by atoms with Crippen LogP contribution in [0.4, 0.5) is 8.78 Å². The molecule has 20 heavy (non-hydrogen) atoms. The normalized spacial score (nSPS) is 10.4.